The Hall–Kier alpha value is -2.84. The van der Waals surface area contributed by atoms with Crippen LogP contribution in [0.1, 0.15) is 42.7 Å². The summed E-state index contributed by atoms with van der Waals surface area (Å²) in [4.78, 5) is 16.5. The second-order valence-corrected chi connectivity index (χ2v) is 9.71. The Morgan fingerprint density at radius 3 is 2.22 bits per heavy atom. The van der Waals surface area contributed by atoms with E-state index in [4.69, 9.17) is 4.74 Å². The number of rotatable bonds is 7. The van der Waals surface area contributed by atoms with Crippen molar-refractivity contribution < 1.29 is 27.8 Å². The fraction of sp³-hybridized carbons (Fsp3) is 0.464. The molecule has 1 N–H and O–H groups in total. The number of amides is 1. The standard InChI is InChI=1S/C28H33F3N2O3/c1-36-23-5-3-20(4-6-23)21-8-12-32(13-9-21)18-26(34)22-10-14-33(15-11-22)27(35)7-2-19-16-24(29)28(31)25(30)17-19/h2-7,16-17,21-22,26,34H,8-15,18H2,1H3/b7-2+. The Balaban J connectivity index is 1.20. The molecule has 2 aliphatic heterocycles. The van der Waals surface area contributed by atoms with Crippen molar-refractivity contribution in [3.63, 3.8) is 0 Å². The summed E-state index contributed by atoms with van der Waals surface area (Å²) < 4.78 is 45.0. The van der Waals surface area contributed by atoms with Gasteiger partial charge in [0.05, 0.1) is 13.2 Å². The number of β-amino-alcohol motifs (C(OH)–C–C–N with tert-alkyl or cyclic N) is 1. The molecule has 2 aliphatic rings. The summed E-state index contributed by atoms with van der Waals surface area (Å²) in [5.74, 6) is -2.87. The highest BCUT2D eigenvalue weighted by atomic mass is 19.2. The van der Waals surface area contributed by atoms with E-state index in [-0.39, 0.29) is 17.4 Å². The Morgan fingerprint density at radius 2 is 1.64 bits per heavy atom. The van der Waals surface area contributed by atoms with Gasteiger partial charge in [0.2, 0.25) is 5.91 Å². The number of carbonyl (C=O) groups is 1. The fourth-order valence-electron chi connectivity index (χ4n) is 5.19. The van der Waals surface area contributed by atoms with Gasteiger partial charge in [-0.3, -0.25) is 4.79 Å². The predicted molar refractivity (Wildman–Crippen MR) is 132 cm³/mol. The van der Waals surface area contributed by atoms with Crippen molar-refractivity contribution in [1.82, 2.24) is 9.80 Å². The predicted octanol–water partition coefficient (Wildman–Crippen LogP) is 4.60. The number of likely N-dealkylation sites (tertiary alicyclic amines) is 2. The molecular weight excluding hydrogens is 469 g/mol. The van der Waals surface area contributed by atoms with E-state index in [0.29, 0.717) is 38.4 Å². The summed E-state index contributed by atoms with van der Waals surface area (Å²) in [6.07, 6.45) is 5.59. The van der Waals surface area contributed by atoms with E-state index >= 15 is 0 Å². The molecule has 1 amide bonds. The summed E-state index contributed by atoms with van der Waals surface area (Å²) in [7, 11) is 1.67. The SMILES string of the molecule is COc1ccc(C2CCN(CC(O)C3CCN(C(=O)/C=C/c4cc(F)c(F)c(F)c4)CC3)CC2)cc1. The number of methoxy groups -OCH3 is 1. The number of hydrogen-bond donors (Lipinski definition) is 1. The van der Waals surface area contributed by atoms with Crippen LogP contribution < -0.4 is 4.74 Å². The molecule has 1 atom stereocenters. The average molecular weight is 503 g/mol. The maximum atomic E-state index is 13.4. The molecule has 2 saturated heterocycles. The van der Waals surface area contributed by atoms with E-state index in [1.807, 2.05) is 12.1 Å². The molecule has 0 radical (unpaired) electrons. The van der Waals surface area contributed by atoms with Gasteiger partial charge in [0.1, 0.15) is 5.75 Å². The lowest BCUT2D eigenvalue weighted by Crippen LogP contribution is -2.45. The normalized spacial score (nSPS) is 19.1. The Labute approximate surface area is 210 Å². The minimum Gasteiger partial charge on any atom is -0.497 e. The van der Waals surface area contributed by atoms with Gasteiger partial charge in [-0.2, -0.15) is 0 Å². The molecule has 0 aliphatic carbocycles. The second kappa shape index (κ2) is 11.9. The summed E-state index contributed by atoms with van der Waals surface area (Å²) >= 11 is 0. The van der Waals surface area contributed by atoms with Crippen molar-refractivity contribution in [1.29, 1.82) is 0 Å². The first-order valence-corrected chi connectivity index (χ1v) is 12.5. The molecule has 0 saturated carbocycles. The molecule has 0 spiro atoms. The van der Waals surface area contributed by atoms with Gasteiger partial charge in [0.15, 0.2) is 17.5 Å². The van der Waals surface area contributed by atoms with Crippen LogP contribution in [0.5, 0.6) is 5.75 Å². The van der Waals surface area contributed by atoms with Crippen molar-refractivity contribution >= 4 is 12.0 Å². The number of halogens is 3. The van der Waals surface area contributed by atoms with Crippen LogP contribution in [-0.2, 0) is 4.79 Å². The van der Waals surface area contributed by atoms with Gasteiger partial charge in [0.25, 0.3) is 0 Å². The van der Waals surface area contributed by atoms with Crippen LogP contribution in [0.15, 0.2) is 42.5 Å². The van der Waals surface area contributed by atoms with Crippen LogP contribution in [0.3, 0.4) is 0 Å². The highest BCUT2D eigenvalue weighted by molar-refractivity contribution is 5.91. The number of nitrogens with zero attached hydrogens (tertiary/aromatic N) is 2. The number of carbonyl (C=O) groups excluding carboxylic acids is 1. The van der Waals surface area contributed by atoms with Crippen molar-refractivity contribution in [2.75, 3.05) is 39.8 Å². The number of benzene rings is 2. The number of ether oxygens (including phenoxy) is 1. The quantitative estimate of drug-likeness (QED) is 0.444. The van der Waals surface area contributed by atoms with Gasteiger partial charge in [-0.15, -0.1) is 0 Å². The summed E-state index contributed by atoms with van der Waals surface area (Å²) in [6, 6.07) is 9.97. The first kappa shape index (κ1) is 26.2. The lowest BCUT2D eigenvalue weighted by molar-refractivity contribution is -0.128. The first-order chi connectivity index (χ1) is 17.3. The van der Waals surface area contributed by atoms with E-state index in [9.17, 15) is 23.1 Å². The molecular formula is C28H33F3N2O3. The Morgan fingerprint density at radius 1 is 1.03 bits per heavy atom. The van der Waals surface area contributed by atoms with Gasteiger partial charge in [-0.25, -0.2) is 13.2 Å². The van der Waals surface area contributed by atoms with Gasteiger partial charge in [-0.05, 0) is 92.1 Å². The lowest BCUT2D eigenvalue weighted by atomic mass is 9.88. The molecule has 8 heteroatoms. The molecule has 2 aromatic carbocycles. The average Bonchev–Trinajstić information content (AvgIpc) is 2.91. The highest BCUT2D eigenvalue weighted by Crippen LogP contribution is 2.30. The second-order valence-electron chi connectivity index (χ2n) is 9.71. The first-order valence-electron chi connectivity index (χ1n) is 12.5. The van der Waals surface area contributed by atoms with Crippen molar-refractivity contribution in [2.24, 2.45) is 5.92 Å². The Bertz CT molecular complexity index is 1040. The molecule has 194 valence electrons. The van der Waals surface area contributed by atoms with Gasteiger partial charge in [-0.1, -0.05) is 12.1 Å². The molecule has 36 heavy (non-hydrogen) atoms. The van der Waals surface area contributed by atoms with Crippen LogP contribution in [0, 0.1) is 23.4 Å². The third kappa shape index (κ3) is 6.48. The monoisotopic (exact) mass is 502 g/mol. The van der Waals surface area contributed by atoms with Gasteiger partial charge in [0, 0.05) is 25.7 Å². The van der Waals surface area contributed by atoms with Crippen LogP contribution in [-0.4, -0.2) is 66.8 Å². The van der Waals surface area contributed by atoms with E-state index in [0.717, 1.165) is 43.8 Å². The number of hydrogen-bond acceptors (Lipinski definition) is 4. The zero-order valence-corrected chi connectivity index (χ0v) is 20.5. The van der Waals surface area contributed by atoms with Crippen molar-refractivity contribution in [3.8, 4) is 5.75 Å². The third-order valence-electron chi connectivity index (χ3n) is 7.44. The third-order valence-corrected chi connectivity index (χ3v) is 7.44. The van der Waals surface area contributed by atoms with E-state index in [1.54, 1.807) is 12.0 Å². The van der Waals surface area contributed by atoms with Crippen molar-refractivity contribution in [3.05, 3.63) is 71.1 Å². The van der Waals surface area contributed by atoms with Crippen LogP contribution in [0.4, 0.5) is 13.2 Å². The molecule has 0 bridgehead atoms. The highest BCUT2D eigenvalue weighted by Gasteiger charge is 2.29. The molecule has 0 aromatic heterocycles. The zero-order chi connectivity index (χ0) is 25.7. The number of aliphatic hydroxyl groups excluding tert-OH is 1. The molecule has 2 fully saturated rings. The maximum Gasteiger partial charge on any atom is 0.246 e. The number of piperidine rings is 2. The smallest absolute Gasteiger partial charge is 0.246 e. The molecule has 5 nitrogen and oxygen atoms in total. The van der Waals surface area contributed by atoms with Crippen molar-refractivity contribution in [2.45, 2.75) is 37.7 Å². The largest absolute Gasteiger partial charge is 0.497 e. The summed E-state index contributed by atoms with van der Waals surface area (Å²) in [5.41, 5.74) is 1.41. The van der Waals surface area contributed by atoms with E-state index in [2.05, 4.69) is 17.0 Å². The maximum absolute atomic E-state index is 13.4. The molecule has 2 aromatic rings. The lowest BCUT2D eigenvalue weighted by Gasteiger charge is -2.38. The summed E-state index contributed by atoms with van der Waals surface area (Å²) in [5, 5.41) is 10.8. The zero-order valence-electron chi connectivity index (χ0n) is 20.5. The van der Waals surface area contributed by atoms with Gasteiger partial charge < -0.3 is 19.6 Å². The van der Waals surface area contributed by atoms with Crippen LogP contribution in [0.25, 0.3) is 6.08 Å². The van der Waals surface area contributed by atoms with Crippen LogP contribution >= 0.6 is 0 Å². The minimum atomic E-state index is -1.53. The minimum absolute atomic E-state index is 0.0841. The van der Waals surface area contributed by atoms with Gasteiger partial charge >= 0.3 is 0 Å². The van der Waals surface area contributed by atoms with E-state index in [1.165, 1.54) is 17.7 Å². The van der Waals surface area contributed by atoms with E-state index < -0.39 is 23.6 Å². The number of aliphatic hydroxyl groups is 1. The molecule has 2 heterocycles. The Kier molecular flexibility index (Phi) is 8.69. The topological polar surface area (TPSA) is 53.0 Å². The fourth-order valence-corrected chi connectivity index (χ4v) is 5.19. The summed E-state index contributed by atoms with van der Waals surface area (Å²) in [6.45, 7) is 3.55. The molecule has 4 rings (SSSR count). The molecule has 1 unspecified atom stereocenters. The van der Waals surface area contributed by atoms with Crippen LogP contribution in [0.2, 0.25) is 0 Å².